The van der Waals surface area contributed by atoms with Crippen molar-refractivity contribution in [2.45, 2.75) is 6.04 Å². The number of nitrogens with two attached hydrogens (primary N) is 1. The molecule has 94 valence electrons. The second-order valence-corrected chi connectivity index (χ2v) is 3.40. The summed E-state index contributed by atoms with van der Waals surface area (Å²) < 4.78 is 9.49. The fourth-order valence-corrected chi connectivity index (χ4v) is 1.40. The summed E-state index contributed by atoms with van der Waals surface area (Å²) in [5, 5.41) is 18.8. The van der Waals surface area contributed by atoms with E-state index in [1.807, 2.05) is 0 Å². The number of phenols is 1. The zero-order valence-electron chi connectivity index (χ0n) is 9.64. The highest BCUT2D eigenvalue weighted by atomic mass is 16.5. The van der Waals surface area contributed by atoms with E-state index >= 15 is 0 Å². The van der Waals surface area contributed by atoms with E-state index in [4.69, 9.17) is 15.6 Å². The van der Waals surface area contributed by atoms with Crippen molar-refractivity contribution in [1.82, 2.24) is 0 Å². The van der Waals surface area contributed by atoms with E-state index in [1.54, 1.807) is 0 Å². The number of carbonyl (C=O) groups is 1. The molecule has 0 saturated heterocycles. The lowest BCUT2D eigenvalue weighted by Crippen LogP contribution is -2.16. The van der Waals surface area contributed by atoms with Gasteiger partial charge in [0.1, 0.15) is 0 Å². The maximum Gasteiger partial charge on any atom is 0.337 e. The molecule has 1 rings (SSSR count). The Morgan fingerprint density at radius 3 is 2.59 bits per heavy atom. The molecule has 0 aliphatic carbocycles. The summed E-state index contributed by atoms with van der Waals surface area (Å²) in [6, 6.07) is 1.91. The van der Waals surface area contributed by atoms with Gasteiger partial charge >= 0.3 is 5.97 Å². The zero-order chi connectivity index (χ0) is 13.0. The second-order valence-electron chi connectivity index (χ2n) is 3.40. The zero-order valence-corrected chi connectivity index (χ0v) is 9.64. The van der Waals surface area contributed by atoms with Gasteiger partial charge in [-0.05, 0) is 12.1 Å². The lowest BCUT2D eigenvalue weighted by molar-refractivity contribution is 0.0600. The fourth-order valence-electron chi connectivity index (χ4n) is 1.40. The average molecular weight is 241 g/mol. The Morgan fingerprint density at radius 1 is 1.47 bits per heavy atom. The Hall–Kier alpha value is -1.79. The third-order valence-corrected chi connectivity index (χ3v) is 2.34. The van der Waals surface area contributed by atoms with Crippen LogP contribution in [0.15, 0.2) is 12.1 Å². The first kappa shape index (κ1) is 13.3. The second kappa shape index (κ2) is 5.51. The van der Waals surface area contributed by atoms with E-state index in [-0.39, 0.29) is 29.2 Å². The smallest absolute Gasteiger partial charge is 0.337 e. The molecular weight excluding hydrogens is 226 g/mol. The van der Waals surface area contributed by atoms with E-state index in [0.717, 1.165) is 0 Å². The molecule has 4 N–H and O–H groups in total. The summed E-state index contributed by atoms with van der Waals surface area (Å²) in [5.41, 5.74) is 6.04. The molecule has 0 aliphatic rings. The van der Waals surface area contributed by atoms with Crippen molar-refractivity contribution in [1.29, 1.82) is 0 Å². The van der Waals surface area contributed by atoms with Gasteiger partial charge in [-0.2, -0.15) is 0 Å². The molecule has 0 radical (unpaired) electrons. The topological polar surface area (TPSA) is 102 Å². The van der Waals surface area contributed by atoms with Crippen LogP contribution in [0.1, 0.15) is 22.0 Å². The standard InChI is InChI=1S/C11H15NO5/c1-16-9-4-6(11(15)17-2)3-7(10(9)14)8(12)5-13/h3-4,8,13-14H,5,12H2,1-2H3. The molecule has 1 aromatic carbocycles. The molecule has 6 heteroatoms. The summed E-state index contributed by atoms with van der Waals surface area (Å²) >= 11 is 0. The highest BCUT2D eigenvalue weighted by molar-refractivity contribution is 5.90. The maximum atomic E-state index is 11.4. The number of benzene rings is 1. The highest BCUT2D eigenvalue weighted by Gasteiger charge is 2.19. The van der Waals surface area contributed by atoms with Gasteiger partial charge in [0.25, 0.3) is 0 Å². The summed E-state index contributed by atoms with van der Waals surface area (Å²) in [6.45, 7) is -0.360. The van der Waals surface area contributed by atoms with Crippen molar-refractivity contribution in [2.24, 2.45) is 5.73 Å². The van der Waals surface area contributed by atoms with Crippen LogP contribution in [0.3, 0.4) is 0 Å². The predicted octanol–water partition coefficient (Wildman–Crippen LogP) is 0.179. The van der Waals surface area contributed by atoms with E-state index in [1.165, 1.54) is 26.4 Å². The lowest BCUT2D eigenvalue weighted by Gasteiger charge is -2.15. The maximum absolute atomic E-state index is 11.4. The molecule has 0 heterocycles. The number of methoxy groups -OCH3 is 2. The molecule has 0 fully saturated rings. The molecule has 0 spiro atoms. The number of aliphatic hydroxyl groups is 1. The van der Waals surface area contributed by atoms with Crippen molar-refractivity contribution in [3.8, 4) is 11.5 Å². The third-order valence-electron chi connectivity index (χ3n) is 2.34. The minimum atomic E-state index is -0.798. The summed E-state index contributed by atoms with van der Waals surface area (Å²) in [5.74, 6) is -0.664. The van der Waals surface area contributed by atoms with Gasteiger partial charge in [0, 0.05) is 5.56 Å². The number of aromatic hydroxyl groups is 1. The Bertz CT molecular complexity index is 419. The van der Waals surface area contributed by atoms with Gasteiger partial charge in [0.05, 0.1) is 32.4 Å². The van der Waals surface area contributed by atoms with Crippen molar-refractivity contribution in [3.05, 3.63) is 23.3 Å². The van der Waals surface area contributed by atoms with Crippen molar-refractivity contribution >= 4 is 5.97 Å². The summed E-state index contributed by atoms with van der Waals surface area (Å²) in [6.07, 6.45) is 0. The largest absolute Gasteiger partial charge is 0.504 e. The first-order valence-corrected chi connectivity index (χ1v) is 4.90. The molecule has 0 saturated carbocycles. The first-order chi connectivity index (χ1) is 8.04. The summed E-state index contributed by atoms with van der Waals surface area (Å²) in [4.78, 5) is 11.4. The SMILES string of the molecule is COC(=O)c1cc(OC)c(O)c(C(N)CO)c1. The van der Waals surface area contributed by atoms with Crippen molar-refractivity contribution < 1.29 is 24.5 Å². The molecule has 6 nitrogen and oxygen atoms in total. The van der Waals surface area contributed by atoms with E-state index in [9.17, 15) is 9.90 Å². The van der Waals surface area contributed by atoms with Crippen LogP contribution in [-0.2, 0) is 4.74 Å². The van der Waals surface area contributed by atoms with Crippen LogP contribution in [-0.4, -0.2) is 37.0 Å². The molecule has 0 bridgehead atoms. The normalized spacial score (nSPS) is 12.0. The molecular formula is C11H15NO5. The van der Waals surface area contributed by atoms with Crippen LogP contribution in [0.4, 0.5) is 0 Å². The molecule has 0 aromatic heterocycles. The number of phenolic OH excluding ortho intramolecular Hbond substituents is 1. The van der Waals surface area contributed by atoms with Gasteiger partial charge in [-0.15, -0.1) is 0 Å². The van der Waals surface area contributed by atoms with E-state index < -0.39 is 12.0 Å². The van der Waals surface area contributed by atoms with Crippen molar-refractivity contribution in [2.75, 3.05) is 20.8 Å². The van der Waals surface area contributed by atoms with Crippen LogP contribution >= 0.6 is 0 Å². The number of rotatable bonds is 4. The molecule has 0 aliphatic heterocycles. The van der Waals surface area contributed by atoms with E-state index in [2.05, 4.69) is 4.74 Å². The molecule has 17 heavy (non-hydrogen) atoms. The van der Waals surface area contributed by atoms with Gasteiger partial charge in [0.15, 0.2) is 11.5 Å². The van der Waals surface area contributed by atoms with Gasteiger partial charge in [0.2, 0.25) is 0 Å². The number of esters is 1. The Kier molecular flexibility index (Phi) is 4.30. The number of hydrogen-bond donors (Lipinski definition) is 3. The van der Waals surface area contributed by atoms with Crippen LogP contribution in [0.2, 0.25) is 0 Å². The van der Waals surface area contributed by atoms with Crippen LogP contribution in [0.25, 0.3) is 0 Å². The number of carbonyl (C=O) groups excluding carboxylic acids is 1. The van der Waals surface area contributed by atoms with Gasteiger partial charge in [-0.1, -0.05) is 0 Å². The van der Waals surface area contributed by atoms with Crippen LogP contribution < -0.4 is 10.5 Å². The monoisotopic (exact) mass is 241 g/mol. The Morgan fingerprint density at radius 2 is 2.12 bits per heavy atom. The molecule has 1 aromatic rings. The third kappa shape index (κ3) is 2.66. The Labute approximate surface area is 98.6 Å². The van der Waals surface area contributed by atoms with Gasteiger partial charge < -0.3 is 25.4 Å². The predicted molar refractivity (Wildman–Crippen MR) is 60.0 cm³/mol. The van der Waals surface area contributed by atoms with Gasteiger partial charge in [-0.3, -0.25) is 0 Å². The number of ether oxygens (including phenoxy) is 2. The number of hydrogen-bond acceptors (Lipinski definition) is 6. The minimum absolute atomic E-state index is 0.104. The highest BCUT2D eigenvalue weighted by Crippen LogP contribution is 2.34. The molecule has 1 unspecified atom stereocenters. The minimum Gasteiger partial charge on any atom is -0.504 e. The fraction of sp³-hybridized carbons (Fsp3) is 0.364. The molecule has 1 atom stereocenters. The first-order valence-electron chi connectivity index (χ1n) is 4.90. The molecule has 0 amide bonds. The van der Waals surface area contributed by atoms with Gasteiger partial charge in [-0.25, -0.2) is 4.79 Å². The lowest BCUT2D eigenvalue weighted by atomic mass is 10.0. The average Bonchev–Trinajstić information content (AvgIpc) is 2.37. The van der Waals surface area contributed by atoms with Crippen molar-refractivity contribution in [3.63, 3.8) is 0 Å². The van der Waals surface area contributed by atoms with Crippen LogP contribution in [0.5, 0.6) is 11.5 Å². The van der Waals surface area contributed by atoms with Crippen LogP contribution in [0, 0.1) is 0 Å². The Balaban J connectivity index is 3.33. The quantitative estimate of drug-likeness (QED) is 0.650. The van der Waals surface area contributed by atoms with E-state index in [0.29, 0.717) is 0 Å². The summed E-state index contributed by atoms with van der Waals surface area (Å²) in [7, 11) is 2.59. The number of aliphatic hydroxyl groups excluding tert-OH is 1.